The molecular weight excluding hydrogens is 354 g/mol. The van der Waals surface area contributed by atoms with E-state index in [1.807, 2.05) is 18.2 Å². The molecule has 0 bridgehead atoms. The number of phenolic OH excluding ortho intramolecular Hbond substituents is 1. The van der Waals surface area contributed by atoms with Crippen molar-refractivity contribution in [1.82, 2.24) is 4.90 Å². The van der Waals surface area contributed by atoms with Crippen molar-refractivity contribution in [2.75, 3.05) is 20.6 Å². The van der Waals surface area contributed by atoms with Gasteiger partial charge < -0.3 is 10.0 Å². The standard InChI is InChI=1S/C27H27NO/c1-28(2)19-24-16-15-22-14-13-21(12-11-20-7-4-3-5-8-20)17-26(22)27(24)23-9-6-10-25(29)18-23/h3-14,17-18,29H,15-16,19H2,1-2H3. The number of fused-ring (bicyclic) bond motifs is 1. The molecule has 0 aliphatic heterocycles. The lowest BCUT2D eigenvalue weighted by molar-refractivity contribution is 0.439. The summed E-state index contributed by atoms with van der Waals surface area (Å²) in [7, 11) is 4.23. The van der Waals surface area contributed by atoms with Gasteiger partial charge in [-0.3, -0.25) is 0 Å². The van der Waals surface area contributed by atoms with Crippen LogP contribution in [0.1, 0.15) is 34.2 Å². The zero-order valence-electron chi connectivity index (χ0n) is 17.1. The summed E-state index contributed by atoms with van der Waals surface area (Å²) in [6.45, 7) is 0.925. The van der Waals surface area contributed by atoms with Gasteiger partial charge in [0.1, 0.15) is 5.75 Å². The topological polar surface area (TPSA) is 23.5 Å². The highest BCUT2D eigenvalue weighted by Crippen LogP contribution is 2.38. The molecule has 2 nitrogen and oxygen atoms in total. The fourth-order valence-corrected chi connectivity index (χ4v) is 4.07. The van der Waals surface area contributed by atoms with Crippen molar-refractivity contribution in [3.8, 4) is 5.75 Å². The van der Waals surface area contributed by atoms with E-state index in [2.05, 4.69) is 79.7 Å². The first-order valence-corrected chi connectivity index (χ1v) is 10.1. The number of benzene rings is 3. The first-order chi connectivity index (χ1) is 14.1. The Morgan fingerprint density at radius 3 is 2.38 bits per heavy atom. The van der Waals surface area contributed by atoms with Crippen molar-refractivity contribution in [3.63, 3.8) is 0 Å². The summed E-state index contributed by atoms with van der Waals surface area (Å²) < 4.78 is 0. The zero-order valence-corrected chi connectivity index (χ0v) is 17.1. The average Bonchev–Trinajstić information content (AvgIpc) is 2.72. The maximum absolute atomic E-state index is 10.1. The number of hydrogen-bond acceptors (Lipinski definition) is 2. The Morgan fingerprint density at radius 2 is 1.62 bits per heavy atom. The number of aromatic hydroxyl groups is 1. The van der Waals surface area contributed by atoms with Crippen molar-refractivity contribution in [3.05, 3.63) is 106 Å². The van der Waals surface area contributed by atoms with Gasteiger partial charge in [-0.15, -0.1) is 0 Å². The van der Waals surface area contributed by atoms with Crippen LogP contribution in [0.5, 0.6) is 5.75 Å². The molecule has 0 amide bonds. The van der Waals surface area contributed by atoms with Crippen LogP contribution in [-0.4, -0.2) is 30.6 Å². The van der Waals surface area contributed by atoms with Gasteiger partial charge >= 0.3 is 0 Å². The van der Waals surface area contributed by atoms with Crippen molar-refractivity contribution in [2.24, 2.45) is 0 Å². The van der Waals surface area contributed by atoms with E-state index < -0.39 is 0 Å². The van der Waals surface area contributed by atoms with Crippen LogP contribution in [0.4, 0.5) is 0 Å². The zero-order chi connectivity index (χ0) is 20.2. The molecule has 0 heterocycles. The lowest BCUT2D eigenvalue weighted by Gasteiger charge is -2.26. The van der Waals surface area contributed by atoms with Crippen molar-refractivity contribution in [2.45, 2.75) is 12.8 Å². The second kappa shape index (κ2) is 8.50. The average molecular weight is 382 g/mol. The van der Waals surface area contributed by atoms with Crippen molar-refractivity contribution >= 4 is 17.7 Å². The minimum absolute atomic E-state index is 0.312. The molecule has 0 atom stereocenters. The van der Waals surface area contributed by atoms with E-state index in [0.29, 0.717) is 5.75 Å². The molecule has 2 heteroatoms. The molecule has 146 valence electrons. The Bertz CT molecular complexity index is 1060. The van der Waals surface area contributed by atoms with E-state index >= 15 is 0 Å². The molecule has 1 N–H and O–H groups in total. The van der Waals surface area contributed by atoms with Gasteiger partial charge in [-0.1, -0.05) is 66.7 Å². The molecule has 3 aromatic rings. The molecular formula is C27H27NO. The molecule has 0 saturated heterocycles. The highest BCUT2D eigenvalue weighted by atomic mass is 16.3. The highest BCUT2D eigenvalue weighted by molar-refractivity contribution is 5.87. The monoisotopic (exact) mass is 381 g/mol. The Morgan fingerprint density at radius 1 is 0.828 bits per heavy atom. The van der Waals surface area contributed by atoms with Crippen LogP contribution in [0.2, 0.25) is 0 Å². The van der Waals surface area contributed by atoms with Crippen LogP contribution < -0.4 is 0 Å². The number of nitrogens with zero attached hydrogens (tertiary/aromatic N) is 1. The quantitative estimate of drug-likeness (QED) is 0.559. The maximum Gasteiger partial charge on any atom is 0.116 e. The number of likely N-dealkylation sites (N-methyl/N-ethyl adjacent to an activating group) is 1. The third-order valence-electron chi connectivity index (χ3n) is 5.36. The lowest BCUT2D eigenvalue weighted by Crippen LogP contribution is -2.19. The summed E-state index contributed by atoms with van der Waals surface area (Å²) in [5, 5.41) is 10.1. The summed E-state index contributed by atoms with van der Waals surface area (Å²) in [6, 6.07) is 24.8. The van der Waals surface area contributed by atoms with Crippen LogP contribution >= 0.6 is 0 Å². The number of phenols is 1. The van der Waals surface area contributed by atoms with Gasteiger partial charge in [0.05, 0.1) is 0 Å². The molecule has 0 fully saturated rings. The minimum atomic E-state index is 0.312. The van der Waals surface area contributed by atoms with Gasteiger partial charge in [-0.25, -0.2) is 0 Å². The Balaban J connectivity index is 1.79. The summed E-state index contributed by atoms with van der Waals surface area (Å²) >= 11 is 0. The van der Waals surface area contributed by atoms with E-state index in [1.165, 1.54) is 33.4 Å². The van der Waals surface area contributed by atoms with Crippen LogP contribution in [0.25, 0.3) is 17.7 Å². The van der Waals surface area contributed by atoms with E-state index in [-0.39, 0.29) is 0 Å². The Labute approximate surface area is 173 Å². The van der Waals surface area contributed by atoms with E-state index in [4.69, 9.17) is 0 Å². The van der Waals surface area contributed by atoms with Gasteiger partial charge in [0, 0.05) is 6.54 Å². The predicted molar refractivity (Wildman–Crippen MR) is 123 cm³/mol. The normalized spacial score (nSPS) is 13.9. The fourth-order valence-electron chi connectivity index (χ4n) is 4.07. The van der Waals surface area contributed by atoms with E-state index in [0.717, 1.165) is 24.9 Å². The van der Waals surface area contributed by atoms with Crippen molar-refractivity contribution < 1.29 is 5.11 Å². The number of rotatable bonds is 5. The van der Waals surface area contributed by atoms with Crippen molar-refractivity contribution in [1.29, 1.82) is 0 Å². The number of aryl methyl sites for hydroxylation is 1. The first-order valence-electron chi connectivity index (χ1n) is 10.1. The molecule has 0 saturated carbocycles. The van der Waals surface area contributed by atoms with Gasteiger partial charge in [0.2, 0.25) is 0 Å². The van der Waals surface area contributed by atoms with E-state index in [9.17, 15) is 5.11 Å². The molecule has 0 spiro atoms. The maximum atomic E-state index is 10.1. The third kappa shape index (κ3) is 4.49. The summed E-state index contributed by atoms with van der Waals surface area (Å²) in [5.41, 5.74) is 8.84. The second-order valence-corrected chi connectivity index (χ2v) is 7.93. The predicted octanol–water partition coefficient (Wildman–Crippen LogP) is 5.87. The Hall–Kier alpha value is -3.10. The highest BCUT2D eigenvalue weighted by Gasteiger charge is 2.21. The molecule has 1 aliphatic rings. The minimum Gasteiger partial charge on any atom is -0.508 e. The smallest absolute Gasteiger partial charge is 0.116 e. The van der Waals surface area contributed by atoms with Gasteiger partial charge in [0.25, 0.3) is 0 Å². The molecule has 3 aromatic carbocycles. The second-order valence-electron chi connectivity index (χ2n) is 7.93. The summed E-state index contributed by atoms with van der Waals surface area (Å²) in [4.78, 5) is 2.22. The molecule has 0 aromatic heterocycles. The number of hydrogen-bond donors (Lipinski definition) is 1. The fraction of sp³-hybridized carbons (Fsp3) is 0.185. The lowest BCUT2D eigenvalue weighted by atomic mass is 9.81. The largest absolute Gasteiger partial charge is 0.508 e. The summed E-state index contributed by atoms with van der Waals surface area (Å²) in [5.74, 6) is 0.312. The van der Waals surface area contributed by atoms with Crippen LogP contribution in [0.3, 0.4) is 0 Å². The Kier molecular flexibility index (Phi) is 5.64. The van der Waals surface area contributed by atoms with Gasteiger partial charge in [-0.2, -0.15) is 0 Å². The van der Waals surface area contributed by atoms with E-state index in [1.54, 1.807) is 6.07 Å². The first kappa shape index (κ1) is 19.2. The van der Waals surface area contributed by atoms with Crippen LogP contribution in [-0.2, 0) is 6.42 Å². The molecule has 0 radical (unpaired) electrons. The molecule has 4 rings (SSSR count). The SMILES string of the molecule is CN(C)CC1=C(c2cccc(O)c2)c2cc(C=Cc3ccccc3)ccc2CC1. The van der Waals surface area contributed by atoms with Crippen LogP contribution in [0, 0.1) is 0 Å². The molecule has 29 heavy (non-hydrogen) atoms. The van der Waals surface area contributed by atoms with Gasteiger partial charge in [0.15, 0.2) is 0 Å². The third-order valence-corrected chi connectivity index (χ3v) is 5.36. The molecule has 1 aliphatic carbocycles. The summed E-state index contributed by atoms with van der Waals surface area (Å²) in [6.07, 6.45) is 6.44. The van der Waals surface area contributed by atoms with Gasteiger partial charge in [-0.05, 0) is 84.1 Å². The molecule has 0 unspecified atom stereocenters. The van der Waals surface area contributed by atoms with Crippen LogP contribution in [0.15, 0.2) is 78.4 Å².